The highest BCUT2D eigenvalue weighted by atomic mass is 35.5. The van der Waals surface area contributed by atoms with E-state index in [9.17, 15) is 14.9 Å². The standard InChI is InChI=1S/C37H43ClN8O4/c1-7-44-14-16-45(17-15-44)37(2,3)21-26(22-39)34(47)42-27-10-8-24(9-11-27)12-13-46-33-25(23-41-36(40-4)43-33)18-30(35(46)48)29-19-28(49-5)20-31(50-6)32(29)38/h8-11,18-21,23H,7,12-17H2,1-6H3,(H,42,47)(H,40,41,43)/b26-21+. The van der Waals surface area contributed by atoms with Crippen molar-refractivity contribution in [3.8, 4) is 28.7 Å². The number of carbonyl (C=O) groups is 1. The molecule has 50 heavy (non-hydrogen) atoms. The molecule has 1 fully saturated rings. The molecule has 1 aliphatic heterocycles. The number of carbonyl (C=O) groups excluding carboxylic acids is 1. The van der Waals surface area contributed by atoms with Gasteiger partial charge in [0.1, 0.15) is 28.8 Å². The van der Waals surface area contributed by atoms with E-state index in [0.717, 1.165) is 38.3 Å². The van der Waals surface area contributed by atoms with Crippen LogP contribution in [0.5, 0.6) is 11.5 Å². The Bertz CT molecular complexity index is 1990. The Kier molecular flexibility index (Phi) is 11.4. The molecule has 2 N–H and O–H groups in total. The van der Waals surface area contributed by atoms with Crippen molar-refractivity contribution < 1.29 is 14.3 Å². The van der Waals surface area contributed by atoms with Gasteiger partial charge in [-0.3, -0.25) is 19.1 Å². The SMILES string of the molecule is CCN1CCN(C(C)(C)/C=C(\C#N)C(=O)Nc2ccc(CCn3c(=O)c(-c4cc(OC)cc(OC)c4Cl)cc4cnc(NC)nc43)cc2)CC1. The molecular formula is C37H43ClN8O4. The molecule has 4 aromatic rings. The molecule has 0 unspecified atom stereocenters. The Hall–Kier alpha value is -4.96. The van der Waals surface area contributed by atoms with Gasteiger partial charge >= 0.3 is 0 Å². The van der Waals surface area contributed by atoms with Crippen molar-refractivity contribution in [2.45, 2.75) is 39.3 Å². The second kappa shape index (κ2) is 15.7. The van der Waals surface area contributed by atoms with Crippen LogP contribution in [0.3, 0.4) is 0 Å². The number of ether oxygens (including phenoxy) is 2. The molecule has 1 amide bonds. The van der Waals surface area contributed by atoms with E-state index < -0.39 is 11.4 Å². The van der Waals surface area contributed by atoms with Crippen LogP contribution in [0.25, 0.3) is 22.2 Å². The lowest BCUT2D eigenvalue weighted by Gasteiger charge is -2.42. The van der Waals surface area contributed by atoms with Crippen molar-refractivity contribution in [2.75, 3.05) is 64.6 Å². The summed E-state index contributed by atoms with van der Waals surface area (Å²) in [6, 6.07) is 14.5. The normalized spacial score (nSPS) is 14.3. The van der Waals surface area contributed by atoms with Crippen molar-refractivity contribution in [1.82, 2.24) is 24.3 Å². The van der Waals surface area contributed by atoms with Crippen LogP contribution in [0, 0.1) is 11.3 Å². The van der Waals surface area contributed by atoms with Crippen LogP contribution in [0.2, 0.25) is 5.02 Å². The highest BCUT2D eigenvalue weighted by Crippen LogP contribution is 2.38. The number of piperazine rings is 1. The average molecular weight is 699 g/mol. The van der Waals surface area contributed by atoms with Crippen molar-refractivity contribution in [3.05, 3.63) is 81.3 Å². The van der Waals surface area contributed by atoms with Crippen LogP contribution < -0.4 is 25.7 Å². The maximum atomic E-state index is 14.1. The van der Waals surface area contributed by atoms with Gasteiger partial charge in [0.05, 0.1) is 19.2 Å². The first-order valence-electron chi connectivity index (χ1n) is 16.5. The molecule has 0 radical (unpaired) electrons. The van der Waals surface area contributed by atoms with Crippen LogP contribution in [0.1, 0.15) is 26.3 Å². The van der Waals surface area contributed by atoms with Crippen molar-refractivity contribution in [1.29, 1.82) is 5.26 Å². The zero-order valence-electron chi connectivity index (χ0n) is 29.3. The molecule has 12 nitrogen and oxygen atoms in total. The van der Waals surface area contributed by atoms with Crippen LogP contribution >= 0.6 is 11.6 Å². The predicted molar refractivity (Wildman–Crippen MR) is 197 cm³/mol. The number of benzene rings is 2. The lowest BCUT2D eigenvalue weighted by atomic mass is 9.97. The molecule has 1 aliphatic rings. The van der Waals surface area contributed by atoms with Crippen molar-refractivity contribution in [3.63, 3.8) is 0 Å². The fraction of sp³-hybridized carbons (Fsp3) is 0.378. The number of nitrogens with one attached hydrogen (secondary N) is 2. The number of hydrogen-bond donors (Lipinski definition) is 2. The maximum absolute atomic E-state index is 14.1. The molecule has 2 aromatic carbocycles. The minimum atomic E-state index is -0.455. The van der Waals surface area contributed by atoms with Gasteiger partial charge in [-0.05, 0) is 62.7 Å². The summed E-state index contributed by atoms with van der Waals surface area (Å²) < 4.78 is 12.5. The number of rotatable bonds is 12. The van der Waals surface area contributed by atoms with Gasteiger partial charge in [0, 0.05) is 79.8 Å². The fourth-order valence-corrected chi connectivity index (χ4v) is 6.43. The van der Waals surface area contributed by atoms with E-state index in [2.05, 4.69) is 43.4 Å². The molecule has 262 valence electrons. The number of hydrogen-bond acceptors (Lipinski definition) is 10. The third-order valence-corrected chi connectivity index (χ3v) is 9.53. The molecule has 0 atom stereocenters. The number of fused-ring (bicyclic) bond motifs is 1. The second-order valence-electron chi connectivity index (χ2n) is 12.6. The number of nitrogens with zero attached hydrogens (tertiary/aromatic N) is 6. The molecule has 1 saturated heterocycles. The Morgan fingerprint density at radius 1 is 1.08 bits per heavy atom. The van der Waals surface area contributed by atoms with E-state index in [1.54, 1.807) is 54.2 Å². The molecule has 0 bridgehead atoms. The van der Waals surface area contributed by atoms with Crippen molar-refractivity contribution >= 4 is 40.2 Å². The van der Waals surface area contributed by atoms with Gasteiger partial charge in [-0.15, -0.1) is 0 Å². The third-order valence-electron chi connectivity index (χ3n) is 9.14. The lowest BCUT2D eigenvalue weighted by Crippen LogP contribution is -2.54. The molecular weight excluding hydrogens is 656 g/mol. The van der Waals surface area contributed by atoms with E-state index in [1.165, 1.54) is 14.2 Å². The molecule has 5 rings (SSSR count). The van der Waals surface area contributed by atoms with Gasteiger partial charge in [-0.25, -0.2) is 4.98 Å². The number of amides is 1. The summed E-state index contributed by atoms with van der Waals surface area (Å²) in [6.07, 6.45) is 3.91. The summed E-state index contributed by atoms with van der Waals surface area (Å²) in [6.45, 7) is 11.2. The van der Waals surface area contributed by atoms with Crippen LogP contribution in [0.4, 0.5) is 11.6 Å². The molecule has 0 spiro atoms. The smallest absolute Gasteiger partial charge is 0.266 e. The minimum absolute atomic E-state index is 0.0693. The van der Waals surface area contributed by atoms with E-state index in [0.29, 0.717) is 58.3 Å². The molecule has 0 aliphatic carbocycles. The highest BCUT2D eigenvalue weighted by molar-refractivity contribution is 6.35. The molecule has 0 saturated carbocycles. The number of methoxy groups -OCH3 is 2. The number of anilines is 2. The molecule has 13 heteroatoms. The fourth-order valence-electron chi connectivity index (χ4n) is 6.14. The average Bonchev–Trinajstić information content (AvgIpc) is 3.13. The Balaban J connectivity index is 1.36. The zero-order valence-corrected chi connectivity index (χ0v) is 30.1. The van der Waals surface area contributed by atoms with Gasteiger partial charge < -0.3 is 25.0 Å². The lowest BCUT2D eigenvalue weighted by molar-refractivity contribution is -0.112. The summed E-state index contributed by atoms with van der Waals surface area (Å²) in [4.78, 5) is 40.9. The second-order valence-corrected chi connectivity index (χ2v) is 13.0. The summed E-state index contributed by atoms with van der Waals surface area (Å²) in [5.74, 6) is 0.802. The zero-order chi connectivity index (χ0) is 36.0. The van der Waals surface area contributed by atoms with E-state index >= 15 is 0 Å². The monoisotopic (exact) mass is 698 g/mol. The third kappa shape index (κ3) is 7.91. The molecule has 2 aromatic heterocycles. The Labute approximate surface area is 297 Å². The topological polar surface area (TPSA) is 138 Å². The van der Waals surface area contributed by atoms with Gasteiger partial charge in [-0.1, -0.05) is 30.7 Å². The van der Waals surface area contributed by atoms with E-state index in [4.69, 9.17) is 21.1 Å². The van der Waals surface area contributed by atoms with Gasteiger partial charge in [0.15, 0.2) is 0 Å². The van der Waals surface area contributed by atoms with Crippen LogP contribution in [0.15, 0.2) is 65.1 Å². The number of pyridine rings is 1. The first kappa shape index (κ1) is 36.3. The number of halogens is 1. The first-order valence-corrected chi connectivity index (χ1v) is 16.9. The van der Waals surface area contributed by atoms with Crippen LogP contribution in [-0.4, -0.2) is 89.8 Å². The quantitative estimate of drug-likeness (QED) is 0.150. The first-order chi connectivity index (χ1) is 24.0. The Morgan fingerprint density at radius 2 is 1.80 bits per heavy atom. The Morgan fingerprint density at radius 3 is 2.42 bits per heavy atom. The number of likely N-dealkylation sites (N-methyl/N-ethyl adjacent to an activating group) is 1. The number of nitriles is 1. The van der Waals surface area contributed by atoms with Crippen LogP contribution in [-0.2, 0) is 17.8 Å². The maximum Gasteiger partial charge on any atom is 0.266 e. The van der Waals surface area contributed by atoms with Crippen molar-refractivity contribution in [2.24, 2.45) is 0 Å². The van der Waals surface area contributed by atoms with E-state index in [1.807, 2.05) is 26.0 Å². The van der Waals surface area contributed by atoms with Gasteiger partial charge in [0.25, 0.3) is 11.5 Å². The minimum Gasteiger partial charge on any atom is -0.497 e. The summed E-state index contributed by atoms with van der Waals surface area (Å²) in [7, 11) is 4.75. The highest BCUT2D eigenvalue weighted by Gasteiger charge is 2.29. The van der Waals surface area contributed by atoms with Gasteiger partial charge in [0.2, 0.25) is 5.95 Å². The number of aryl methyl sites for hydroxylation is 2. The summed E-state index contributed by atoms with van der Waals surface area (Å²) >= 11 is 6.70. The van der Waals surface area contributed by atoms with E-state index in [-0.39, 0.29) is 16.2 Å². The summed E-state index contributed by atoms with van der Waals surface area (Å²) in [5, 5.41) is 16.6. The predicted octanol–water partition coefficient (Wildman–Crippen LogP) is 5.22. The largest absolute Gasteiger partial charge is 0.497 e. The number of aromatic nitrogens is 3. The summed E-state index contributed by atoms with van der Waals surface area (Å²) in [5.41, 5.74) is 2.12. The van der Waals surface area contributed by atoms with Gasteiger partial charge in [-0.2, -0.15) is 10.2 Å². The molecule has 3 heterocycles.